The van der Waals surface area contributed by atoms with E-state index in [2.05, 4.69) is 10.1 Å². The van der Waals surface area contributed by atoms with Crippen LogP contribution in [0.1, 0.15) is 40.7 Å². The van der Waals surface area contributed by atoms with Gasteiger partial charge in [-0.3, -0.25) is 14.9 Å². The fourth-order valence-electron chi connectivity index (χ4n) is 3.45. The van der Waals surface area contributed by atoms with Gasteiger partial charge in [0.2, 0.25) is 11.7 Å². The van der Waals surface area contributed by atoms with E-state index >= 15 is 0 Å². The van der Waals surface area contributed by atoms with Crippen molar-refractivity contribution in [3.8, 4) is 11.4 Å². The zero-order valence-electron chi connectivity index (χ0n) is 15.2. The summed E-state index contributed by atoms with van der Waals surface area (Å²) >= 11 is 0. The first-order valence-corrected chi connectivity index (χ1v) is 8.99. The summed E-state index contributed by atoms with van der Waals surface area (Å²) in [4.78, 5) is 29.8. The second-order valence-corrected chi connectivity index (χ2v) is 6.74. The molecule has 1 unspecified atom stereocenters. The van der Waals surface area contributed by atoms with E-state index < -0.39 is 4.92 Å². The van der Waals surface area contributed by atoms with Gasteiger partial charge in [0, 0.05) is 29.3 Å². The summed E-state index contributed by atoms with van der Waals surface area (Å²) in [6.07, 6.45) is 1.50. The highest BCUT2D eigenvalue weighted by molar-refractivity contribution is 5.95. The molecular formula is C20H18N4O4. The van der Waals surface area contributed by atoms with Crippen molar-refractivity contribution in [2.45, 2.75) is 25.8 Å². The van der Waals surface area contributed by atoms with Crippen LogP contribution in [0.15, 0.2) is 53.1 Å². The Kier molecular flexibility index (Phi) is 4.60. The Morgan fingerprint density at radius 1 is 1.25 bits per heavy atom. The monoisotopic (exact) mass is 378 g/mol. The van der Waals surface area contributed by atoms with Crippen molar-refractivity contribution >= 4 is 11.6 Å². The summed E-state index contributed by atoms with van der Waals surface area (Å²) in [6.45, 7) is 2.18. The summed E-state index contributed by atoms with van der Waals surface area (Å²) in [5, 5.41) is 15.2. The number of benzene rings is 2. The highest BCUT2D eigenvalue weighted by atomic mass is 16.6. The summed E-state index contributed by atoms with van der Waals surface area (Å²) in [5.41, 5.74) is 1.57. The maximum absolute atomic E-state index is 13.0. The zero-order chi connectivity index (χ0) is 19.7. The number of hydrogen-bond acceptors (Lipinski definition) is 6. The molecule has 1 aliphatic rings. The van der Waals surface area contributed by atoms with Gasteiger partial charge in [0.1, 0.15) is 6.04 Å². The predicted octanol–water partition coefficient (Wildman–Crippen LogP) is 3.93. The smallest absolute Gasteiger partial charge is 0.273 e. The molecule has 4 rings (SSSR count). The number of rotatable bonds is 4. The van der Waals surface area contributed by atoms with E-state index in [1.54, 1.807) is 24.0 Å². The lowest BCUT2D eigenvalue weighted by atomic mass is 10.1. The van der Waals surface area contributed by atoms with Gasteiger partial charge in [0.25, 0.3) is 11.6 Å². The van der Waals surface area contributed by atoms with E-state index in [9.17, 15) is 14.9 Å². The molecule has 142 valence electrons. The van der Waals surface area contributed by atoms with Gasteiger partial charge in [0.05, 0.1) is 4.92 Å². The van der Waals surface area contributed by atoms with Crippen LogP contribution in [0.5, 0.6) is 0 Å². The highest BCUT2D eigenvalue weighted by Crippen LogP contribution is 2.33. The first-order valence-electron chi connectivity index (χ1n) is 8.99. The topological polar surface area (TPSA) is 102 Å². The second-order valence-electron chi connectivity index (χ2n) is 6.74. The summed E-state index contributed by atoms with van der Waals surface area (Å²) in [5.74, 6) is 0.581. The predicted molar refractivity (Wildman–Crippen MR) is 101 cm³/mol. The number of carbonyl (C=O) groups is 1. The van der Waals surface area contributed by atoms with Crippen LogP contribution in [0.3, 0.4) is 0 Å². The van der Waals surface area contributed by atoms with Gasteiger partial charge < -0.3 is 9.42 Å². The van der Waals surface area contributed by atoms with Crippen LogP contribution in [0, 0.1) is 17.0 Å². The van der Waals surface area contributed by atoms with Gasteiger partial charge in [-0.2, -0.15) is 4.98 Å². The van der Waals surface area contributed by atoms with E-state index in [0.29, 0.717) is 30.2 Å². The third-order valence-electron chi connectivity index (χ3n) is 4.93. The number of nitro benzene ring substituents is 1. The minimum Gasteiger partial charge on any atom is -0.337 e. The molecule has 0 saturated carbocycles. The number of likely N-dealkylation sites (tertiary alicyclic amines) is 1. The fraction of sp³-hybridized carbons (Fsp3) is 0.250. The lowest BCUT2D eigenvalue weighted by molar-refractivity contribution is -0.385. The third-order valence-corrected chi connectivity index (χ3v) is 4.93. The molecule has 0 aliphatic carbocycles. The van der Waals surface area contributed by atoms with Crippen LogP contribution in [-0.2, 0) is 0 Å². The van der Waals surface area contributed by atoms with E-state index in [0.717, 1.165) is 12.0 Å². The Bertz CT molecular complexity index is 1030. The molecule has 1 fully saturated rings. The number of nitro groups is 1. The Hall–Kier alpha value is -3.55. The molecule has 2 aromatic carbocycles. The zero-order valence-corrected chi connectivity index (χ0v) is 15.2. The molecule has 1 saturated heterocycles. The maximum Gasteiger partial charge on any atom is 0.273 e. The van der Waals surface area contributed by atoms with Gasteiger partial charge in [-0.25, -0.2) is 0 Å². The average Bonchev–Trinajstić information content (AvgIpc) is 3.37. The van der Waals surface area contributed by atoms with E-state index in [1.165, 1.54) is 6.07 Å². The Labute approximate surface area is 160 Å². The molecular weight excluding hydrogens is 360 g/mol. The van der Waals surface area contributed by atoms with Crippen molar-refractivity contribution in [2.75, 3.05) is 6.54 Å². The number of hydrogen-bond donors (Lipinski definition) is 0. The molecule has 0 spiro atoms. The summed E-state index contributed by atoms with van der Waals surface area (Å²) < 4.78 is 5.44. The van der Waals surface area contributed by atoms with Crippen molar-refractivity contribution < 1.29 is 14.2 Å². The molecule has 1 amide bonds. The average molecular weight is 378 g/mol. The minimum atomic E-state index is -0.474. The lowest BCUT2D eigenvalue weighted by Gasteiger charge is -2.22. The molecule has 2 heterocycles. The molecule has 0 N–H and O–H groups in total. The van der Waals surface area contributed by atoms with Crippen molar-refractivity contribution in [1.82, 2.24) is 15.0 Å². The molecule has 3 aromatic rings. The number of aryl methyl sites for hydroxylation is 1. The maximum atomic E-state index is 13.0. The Morgan fingerprint density at radius 3 is 2.79 bits per heavy atom. The van der Waals surface area contributed by atoms with Crippen molar-refractivity contribution in [3.63, 3.8) is 0 Å². The molecule has 1 aliphatic heterocycles. The molecule has 1 atom stereocenters. The Balaban J connectivity index is 1.61. The van der Waals surface area contributed by atoms with Gasteiger partial charge in [-0.05, 0) is 25.8 Å². The largest absolute Gasteiger partial charge is 0.337 e. The first-order chi connectivity index (χ1) is 13.5. The molecule has 8 heteroatoms. The Morgan fingerprint density at radius 2 is 2.04 bits per heavy atom. The van der Waals surface area contributed by atoms with Gasteiger partial charge in [-0.15, -0.1) is 0 Å². The third kappa shape index (κ3) is 3.24. The van der Waals surface area contributed by atoms with Crippen LogP contribution in [-0.4, -0.2) is 32.4 Å². The first kappa shape index (κ1) is 17.8. The quantitative estimate of drug-likeness (QED) is 0.503. The van der Waals surface area contributed by atoms with Crippen LogP contribution in [0.4, 0.5) is 5.69 Å². The number of nitrogens with zero attached hydrogens (tertiary/aromatic N) is 4. The van der Waals surface area contributed by atoms with E-state index in [1.807, 2.05) is 30.3 Å². The van der Waals surface area contributed by atoms with E-state index in [-0.39, 0.29) is 23.2 Å². The van der Waals surface area contributed by atoms with Crippen molar-refractivity contribution in [1.29, 1.82) is 0 Å². The van der Waals surface area contributed by atoms with Gasteiger partial charge >= 0.3 is 0 Å². The summed E-state index contributed by atoms with van der Waals surface area (Å²) in [6, 6.07) is 13.7. The van der Waals surface area contributed by atoms with Gasteiger partial charge in [0.15, 0.2) is 0 Å². The van der Waals surface area contributed by atoms with Gasteiger partial charge in [-0.1, -0.05) is 41.6 Å². The molecule has 1 aromatic heterocycles. The minimum absolute atomic E-state index is 0.0641. The fourth-order valence-corrected chi connectivity index (χ4v) is 3.45. The molecule has 0 radical (unpaired) electrons. The van der Waals surface area contributed by atoms with Crippen LogP contribution in [0.25, 0.3) is 11.4 Å². The lowest BCUT2D eigenvalue weighted by Crippen LogP contribution is -2.30. The summed E-state index contributed by atoms with van der Waals surface area (Å²) in [7, 11) is 0. The van der Waals surface area contributed by atoms with Crippen molar-refractivity contribution in [3.05, 3.63) is 75.7 Å². The van der Waals surface area contributed by atoms with Crippen LogP contribution in [0.2, 0.25) is 0 Å². The molecule has 8 nitrogen and oxygen atoms in total. The number of carbonyl (C=O) groups excluding carboxylic acids is 1. The number of amides is 1. The molecule has 0 bridgehead atoms. The van der Waals surface area contributed by atoms with E-state index in [4.69, 9.17) is 4.52 Å². The standard InChI is InChI=1S/C20H18N4O4/c1-13-9-10-15(12-17(13)24(26)27)20(25)23-11-5-8-16(23)19-21-18(22-28-19)14-6-3-2-4-7-14/h2-4,6-7,9-10,12,16H,5,8,11H2,1H3. The van der Waals surface area contributed by atoms with Crippen molar-refractivity contribution in [2.24, 2.45) is 0 Å². The second kappa shape index (κ2) is 7.22. The SMILES string of the molecule is Cc1ccc(C(=O)N2CCCC2c2nc(-c3ccccc3)no2)cc1[N+](=O)[O-]. The van der Waals surface area contributed by atoms with Crippen LogP contribution >= 0.6 is 0 Å². The highest BCUT2D eigenvalue weighted by Gasteiger charge is 2.35. The normalized spacial score (nSPS) is 16.3. The molecule has 28 heavy (non-hydrogen) atoms. The van der Waals surface area contributed by atoms with Crippen LogP contribution < -0.4 is 0 Å². The number of aromatic nitrogens is 2.